The molecule has 4 heterocycles. The standard InChI is InChI=1S/C20H19FN6O2/c1-26-8-14(6-24-26)18(28)15-5-13-10-29-9-12-3-2-4-17(21)16(12)7-22-19(13)27-11-23-25-20(15)27/h2-6,8,11,18,22,28H,7,9-10H2,1H3. The van der Waals surface area contributed by atoms with E-state index in [2.05, 4.69) is 20.6 Å². The number of hydrogen-bond acceptors (Lipinski definition) is 6. The second-order valence-corrected chi connectivity index (χ2v) is 7.07. The largest absolute Gasteiger partial charge is 0.383 e. The van der Waals surface area contributed by atoms with E-state index in [-0.39, 0.29) is 5.82 Å². The van der Waals surface area contributed by atoms with Crippen molar-refractivity contribution in [2.45, 2.75) is 25.9 Å². The Labute approximate surface area is 165 Å². The van der Waals surface area contributed by atoms with E-state index in [1.807, 2.05) is 12.1 Å². The molecule has 3 aromatic heterocycles. The highest BCUT2D eigenvalue weighted by atomic mass is 19.1. The second kappa shape index (κ2) is 6.94. The average molecular weight is 394 g/mol. The lowest BCUT2D eigenvalue weighted by Crippen LogP contribution is -2.11. The van der Waals surface area contributed by atoms with Gasteiger partial charge in [-0.25, -0.2) is 4.39 Å². The van der Waals surface area contributed by atoms with Gasteiger partial charge in [0.25, 0.3) is 0 Å². The van der Waals surface area contributed by atoms with Crippen molar-refractivity contribution in [3.63, 3.8) is 0 Å². The van der Waals surface area contributed by atoms with Crippen LogP contribution in [0.1, 0.15) is 33.9 Å². The first-order chi connectivity index (χ1) is 14.1. The van der Waals surface area contributed by atoms with Crippen molar-refractivity contribution in [2.24, 2.45) is 7.05 Å². The summed E-state index contributed by atoms with van der Waals surface area (Å²) in [5, 5.41) is 26.6. The number of anilines is 1. The summed E-state index contributed by atoms with van der Waals surface area (Å²) in [5.41, 5.74) is 3.97. The number of halogens is 1. The van der Waals surface area contributed by atoms with Crippen molar-refractivity contribution in [3.05, 3.63) is 76.6 Å². The van der Waals surface area contributed by atoms with Crippen LogP contribution in [-0.2, 0) is 31.5 Å². The minimum absolute atomic E-state index is 0.273. The van der Waals surface area contributed by atoms with Crippen LogP contribution in [0.25, 0.3) is 5.65 Å². The first-order valence-electron chi connectivity index (χ1n) is 9.22. The summed E-state index contributed by atoms with van der Waals surface area (Å²) in [4.78, 5) is 0. The molecule has 29 heavy (non-hydrogen) atoms. The number of nitrogens with one attached hydrogen (secondary N) is 1. The predicted molar refractivity (Wildman–Crippen MR) is 102 cm³/mol. The van der Waals surface area contributed by atoms with E-state index >= 15 is 0 Å². The Balaban J connectivity index is 1.61. The molecule has 0 saturated carbocycles. The van der Waals surface area contributed by atoms with Crippen molar-refractivity contribution in [3.8, 4) is 0 Å². The maximum Gasteiger partial charge on any atom is 0.168 e. The van der Waals surface area contributed by atoms with Crippen molar-refractivity contribution < 1.29 is 14.2 Å². The highest BCUT2D eigenvalue weighted by molar-refractivity contribution is 5.61. The zero-order valence-corrected chi connectivity index (χ0v) is 15.7. The summed E-state index contributed by atoms with van der Waals surface area (Å²) in [6, 6.07) is 6.85. The van der Waals surface area contributed by atoms with Gasteiger partial charge in [0.15, 0.2) is 5.65 Å². The van der Waals surface area contributed by atoms with Crippen LogP contribution in [0.3, 0.4) is 0 Å². The summed E-state index contributed by atoms with van der Waals surface area (Å²) in [7, 11) is 1.79. The quantitative estimate of drug-likeness (QED) is 0.542. The lowest BCUT2D eigenvalue weighted by Gasteiger charge is -2.17. The van der Waals surface area contributed by atoms with Gasteiger partial charge in [0.2, 0.25) is 0 Å². The minimum atomic E-state index is -0.914. The van der Waals surface area contributed by atoms with Gasteiger partial charge in [-0.05, 0) is 17.7 Å². The zero-order valence-electron chi connectivity index (χ0n) is 15.7. The molecule has 1 aliphatic heterocycles. The number of aromatic nitrogens is 5. The fourth-order valence-electron chi connectivity index (χ4n) is 3.72. The van der Waals surface area contributed by atoms with Gasteiger partial charge in [-0.1, -0.05) is 12.1 Å². The topological polar surface area (TPSA) is 89.5 Å². The SMILES string of the molecule is Cn1cc(C(O)c2cc3c(n4cnnc24)NCc2c(F)cccc2COC3)cn1. The summed E-state index contributed by atoms with van der Waals surface area (Å²) in [5.74, 6) is 0.439. The van der Waals surface area contributed by atoms with Gasteiger partial charge >= 0.3 is 0 Å². The van der Waals surface area contributed by atoms with Gasteiger partial charge in [-0.2, -0.15) is 5.10 Å². The molecule has 1 atom stereocenters. The van der Waals surface area contributed by atoms with Crippen LogP contribution in [0, 0.1) is 5.82 Å². The highest BCUT2D eigenvalue weighted by Crippen LogP contribution is 2.31. The van der Waals surface area contributed by atoms with Crippen LogP contribution >= 0.6 is 0 Å². The molecule has 0 amide bonds. The van der Waals surface area contributed by atoms with Crippen LogP contribution in [0.15, 0.2) is 43.0 Å². The number of fused-ring (bicyclic) bond motifs is 4. The number of pyridine rings is 1. The van der Waals surface area contributed by atoms with Crippen LogP contribution in [-0.4, -0.2) is 29.5 Å². The molecule has 4 aromatic rings. The fraction of sp³-hybridized carbons (Fsp3) is 0.250. The highest BCUT2D eigenvalue weighted by Gasteiger charge is 2.22. The first kappa shape index (κ1) is 17.8. The van der Waals surface area contributed by atoms with Gasteiger partial charge in [0.05, 0.1) is 19.4 Å². The number of aliphatic hydroxyl groups excluding tert-OH is 1. The van der Waals surface area contributed by atoms with E-state index in [1.54, 1.807) is 40.9 Å². The molecule has 148 valence electrons. The normalized spacial score (nSPS) is 15.0. The van der Waals surface area contributed by atoms with E-state index < -0.39 is 6.10 Å². The Hall–Kier alpha value is -3.30. The molecule has 2 N–H and O–H groups in total. The van der Waals surface area contributed by atoms with Crippen molar-refractivity contribution >= 4 is 11.5 Å². The number of aliphatic hydroxyl groups is 1. The van der Waals surface area contributed by atoms with Gasteiger partial charge in [-0.3, -0.25) is 9.08 Å². The Bertz CT molecular complexity index is 1200. The van der Waals surface area contributed by atoms with E-state index in [0.717, 1.165) is 11.1 Å². The van der Waals surface area contributed by atoms with Gasteiger partial charge in [-0.15, -0.1) is 10.2 Å². The van der Waals surface area contributed by atoms with Crippen LogP contribution in [0.4, 0.5) is 10.2 Å². The third-order valence-electron chi connectivity index (χ3n) is 5.18. The molecule has 0 spiro atoms. The number of nitrogens with zero attached hydrogens (tertiary/aromatic N) is 5. The van der Waals surface area contributed by atoms with Crippen molar-refractivity contribution in [1.82, 2.24) is 24.4 Å². The molecule has 0 aliphatic carbocycles. The first-order valence-corrected chi connectivity index (χ1v) is 9.22. The second-order valence-electron chi connectivity index (χ2n) is 7.07. The molecule has 0 radical (unpaired) electrons. The number of ether oxygens (including phenoxy) is 1. The number of rotatable bonds is 2. The fourth-order valence-corrected chi connectivity index (χ4v) is 3.72. The monoisotopic (exact) mass is 394 g/mol. The van der Waals surface area contributed by atoms with Crippen LogP contribution < -0.4 is 5.32 Å². The van der Waals surface area contributed by atoms with E-state index in [4.69, 9.17) is 4.74 Å². The molecule has 0 fully saturated rings. The summed E-state index contributed by atoms with van der Waals surface area (Å²) < 4.78 is 23.6. The Morgan fingerprint density at radius 1 is 1.28 bits per heavy atom. The average Bonchev–Trinajstić information content (AvgIpc) is 3.37. The summed E-state index contributed by atoms with van der Waals surface area (Å²) in [6.07, 6.45) is 4.03. The maximum atomic E-state index is 14.3. The minimum Gasteiger partial charge on any atom is -0.383 e. The molecule has 1 unspecified atom stereocenters. The molecule has 1 aromatic carbocycles. The Morgan fingerprint density at radius 3 is 2.97 bits per heavy atom. The molecule has 5 rings (SSSR count). The van der Waals surface area contributed by atoms with Crippen molar-refractivity contribution in [2.75, 3.05) is 5.32 Å². The third-order valence-corrected chi connectivity index (χ3v) is 5.18. The van der Waals surface area contributed by atoms with Crippen LogP contribution in [0.5, 0.6) is 0 Å². The van der Waals surface area contributed by atoms with Crippen LogP contribution in [0.2, 0.25) is 0 Å². The number of aryl methyl sites for hydroxylation is 1. The van der Waals surface area contributed by atoms with Gasteiger partial charge < -0.3 is 15.2 Å². The van der Waals surface area contributed by atoms with E-state index in [1.165, 1.54) is 6.07 Å². The summed E-state index contributed by atoms with van der Waals surface area (Å²) >= 11 is 0. The molecule has 1 aliphatic rings. The Kier molecular flexibility index (Phi) is 4.26. The molecule has 0 bridgehead atoms. The lowest BCUT2D eigenvalue weighted by molar-refractivity contribution is 0.107. The molecular formula is C20H19FN6O2. The third kappa shape index (κ3) is 3.04. The molecule has 0 saturated heterocycles. The zero-order chi connectivity index (χ0) is 20.0. The van der Waals surface area contributed by atoms with Gasteiger partial charge in [0.1, 0.15) is 24.1 Å². The molecule has 9 heteroatoms. The van der Waals surface area contributed by atoms with Crippen molar-refractivity contribution in [1.29, 1.82) is 0 Å². The molecular weight excluding hydrogens is 375 g/mol. The lowest BCUT2D eigenvalue weighted by atomic mass is 10.0. The smallest absolute Gasteiger partial charge is 0.168 e. The Morgan fingerprint density at radius 2 is 2.14 bits per heavy atom. The predicted octanol–water partition coefficient (Wildman–Crippen LogP) is 2.33. The number of benzene rings is 1. The number of hydrogen-bond donors (Lipinski definition) is 2. The molecule has 8 nitrogen and oxygen atoms in total. The maximum absolute atomic E-state index is 14.3. The summed E-state index contributed by atoms with van der Waals surface area (Å²) in [6.45, 7) is 0.893. The van der Waals surface area contributed by atoms with E-state index in [0.29, 0.717) is 47.9 Å². The van der Waals surface area contributed by atoms with E-state index in [9.17, 15) is 9.50 Å². The van der Waals surface area contributed by atoms with Gasteiger partial charge in [0, 0.05) is 42.0 Å².